The number of ether oxygens (including phenoxy) is 1. The van der Waals surface area contributed by atoms with E-state index in [4.69, 9.17) is 16.2 Å². The average molecular weight is 184 g/mol. The van der Waals surface area contributed by atoms with Crippen molar-refractivity contribution >= 4 is 11.4 Å². The van der Waals surface area contributed by atoms with E-state index in [1.807, 2.05) is 0 Å². The Morgan fingerprint density at radius 3 is 2.62 bits per heavy atom. The number of hydrogen-bond acceptors (Lipinski definition) is 3. The molecule has 0 saturated carbocycles. The second-order valence-corrected chi connectivity index (χ2v) is 2.68. The fourth-order valence-electron chi connectivity index (χ4n) is 0.887. The monoisotopic (exact) mass is 184 g/mol. The quantitative estimate of drug-likeness (QED) is 0.551. The van der Waals surface area contributed by atoms with E-state index in [-0.39, 0.29) is 6.67 Å². The van der Waals surface area contributed by atoms with Gasteiger partial charge in [-0.15, -0.1) is 0 Å². The summed E-state index contributed by atoms with van der Waals surface area (Å²) in [5, 5.41) is 0. The highest BCUT2D eigenvalue weighted by Crippen LogP contribution is 2.21. The maximum Gasteiger partial charge on any atom is 0.121 e. The number of anilines is 2. The summed E-state index contributed by atoms with van der Waals surface area (Å²) in [5.74, 6) is 0.625. The number of rotatable bonds is 4. The van der Waals surface area contributed by atoms with Gasteiger partial charge in [-0.2, -0.15) is 0 Å². The molecule has 0 aliphatic heterocycles. The minimum absolute atomic E-state index is 0.361. The SMILES string of the molecule is Nc1ccc(OCCCF)cc1N. The topological polar surface area (TPSA) is 61.3 Å². The molecule has 0 heterocycles. The van der Waals surface area contributed by atoms with Crippen LogP contribution in [0.25, 0.3) is 0 Å². The van der Waals surface area contributed by atoms with Gasteiger partial charge in [0.15, 0.2) is 0 Å². The fourth-order valence-corrected chi connectivity index (χ4v) is 0.887. The van der Waals surface area contributed by atoms with E-state index >= 15 is 0 Å². The van der Waals surface area contributed by atoms with Gasteiger partial charge in [-0.3, -0.25) is 4.39 Å². The average Bonchev–Trinajstić information content (AvgIpc) is 2.12. The van der Waals surface area contributed by atoms with Gasteiger partial charge in [-0.1, -0.05) is 0 Å². The zero-order valence-corrected chi connectivity index (χ0v) is 7.29. The first kappa shape index (κ1) is 9.64. The minimum atomic E-state index is -0.371. The molecule has 0 unspecified atom stereocenters. The van der Waals surface area contributed by atoms with Gasteiger partial charge < -0.3 is 16.2 Å². The number of halogens is 1. The Bertz CT molecular complexity index is 278. The van der Waals surface area contributed by atoms with Crippen molar-refractivity contribution in [1.82, 2.24) is 0 Å². The molecule has 4 N–H and O–H groups in total. The summed E-state index contributed by atoms with van der Waals surface area (Å²) in [6, 6.07) is 5.01. The number of alkyl halides is 1. The third-order valence-corrected chi connectivity index (χ3v) is 1.60. The van der Waals surface area contributed by atoms with Gasteiger partial charge in [0.05, 0.1) is 24.7 Å². The number of hydrogen-bond donors (Lipinski definition) is 2. The van der Waals surface area contributed by atoms with E-state index in [1.165, 1.54) is 0 Å². The van der Waals surface area contributed by atoms with Crippen molar-refractivity contribution in [1.29, 1.82) is 0 Å². The second kappa shape index (κ2) is 4.54. The van der Waals surface area contributed by atoms with Gasteiger partial charge in [0.1, 0.15) is 5.75 Å². The molecule has 4 heteroatoms. The number of nitrogen functional groups attached to an aromatic ring is 2. The van der Waals surface area contributed by atoms with Crippen LogP contribution in [-0.4, -0.2) is 13.3 Å². The molecule has 0 aliphatic rings. The Kier molecular flexibility index (Phi) is 3.37. The van der Waals surface area contributed by atoms with Gasteiger partial charge in [0.2, 0.25) is 0 Å². The Labute approximate surface area is 76.5 Å². The Morgan fingerprint density at radius 2 is 2.00 bits per heavy atom. The van der Waals surface area contributed by atoms with Gasteiger partial charge in [0.25, 0.3) is 0 Å². The normalized spacial score (nSPS) is 9.92. The summed E-state index contributed by atoms with van der Waals surface area (Å²) in [7, 11) is 0. The molecule has 0 fully saturated rings. The van der Waals surface area contributed by atoms with Crippen molar-refractivity contribution in [2.45, 2.75) is 6.42 Å². The third kappa shape index (κ3) is 2.82. The zero-order chi connectivity index (χ0) is 9.68. The first-order valence-electron chi connectivity index (χ1n) is 4.08. The highest BCUT2D eigenvalue weighted by atomic mass is 19.1. The summed E-state index contributed by atoms with van der Waals surface area (Å²) in [5.41, 5.74) is 12.1. The molecule has 0 radical (unpaired) electrons. The van der Waals surface area contributed by atoms with Crippen LogP contribution in [0.3, 0.4) is 0 Å². The van der Waals surface area contributed by atoms with Gasteiger partial charge in [0, 0.05) is 12.5 Å². The van der Waals surface area contributed by atoms with Crippen molar-refractivity contribution in [2.75, 3.05) is 24.7 Å². The minimum Gasteiger partial charge on any atom is -0.493 e. The van der Waals surface area contributed by atoms with Crippen molar-refractivity contribution in [3.05, 3.63) is 18.2 Å². The summed E-state index contributed by atoms with van der Waals surface area (Å²) in [6.45, 7) is -0.00961. The van der Waals surface area contributed by atoms with Crippen molar-refractivity contribution in [3.8, 4) is 5.75 Å². The molecule has 0 aromatic heterocycles. The third-order valence-electron chi connectivity index (χ3n) is 1.60. The van der Waals surface area contributed by atoms with E-state index < -0.39 is 0 Å². The maximum atomic E-state index is 11.7. The first-order chi connectivity index (χ1) is 6.24. The first-order valence-corrected chi connectivity index (χ1v) is 4.08. The largest absolute Gasteiger partial charge is 0.493 e. The lowest BCUT2D eigenvalue weighted by Crippen LogP contribution is -2.00. The van der Waals surface area contributed by atoms with Crippen molar-refractivity contribution in [3.63, 3.8) is 0 Å². The smallest absolute Gasteiger partial charge is 0.121 e. The molecule has 0 bridgehead atoms. The maximum absolute atomic E-state index is 11.7. The van der Waals surface area contributed by atoms with Crippen LogP contribution in [0.1, 0.15) is 6.42 Å². The molecule has 13 heavy (non-hydrogen) atoms. The molecule has 0 atom stereocenters. The molecule has 0 aliphatic carbocycles. The van der Waals surface area contributed by atoms with E-state index in [0.29, 0.717) is 30.2 Å². The molecule has 1 aromatic carbocycles. The lowest BCUT2D eigenvalue weighted by atomic mass is 10.2. The van der Waals surface area contributed by atoms with Crippen molar-refractivity contribution in [2.24, 2.45) is 0 Å². The summed E-state index contributed by atoms with van der Waals surface area (Å²) in [6.07, 6.45) is 0.393. The van der Waals surface area contributed by atoms with Crippen LogP contribution >= 0.6 is 0 Å². The highest BCUT2D eigenvalue weighted by molar-refractivity contribution is 5.65. The molecule has 0 amide bonds. The Hall–Kier alpha value is -1.45. The van der Waals surface area contributed by atoms with Crippen LogP contribution in [0.15, 0.2) is 18.2 Å². The summed E-state index contributed by atoms with van der Waals surface area (Å²) in [4.78, 5) is 0. The van der Waals surface area contributed by atoms with Gasteiger partial charge >= 0.3 is 0 Å². The highest BCUT2D eigenvalue weighted by Gasteiger charge is 1.97. The molecular weight excluding hydrogens is 171 g/mol. The molecule has 3 nitrogen and oxygen atoms in total. The standard InChI is InChI=1S/C9H13FN2O/c10-4-1-5-13-7-2-3-8(11)9(12)6-7/h2-3,6H,1,4-5,11-12H2. The van der Waals surface area contributed by atoms with E-state index in [9.17, 15) is 4.39 Å². The van der Waals surface area contributed by atoms with Crippen LogP contribution in [0.2, 0.25) is 0 Å². The predicted octanol–water partition coefficient (Wildman–Crippen LogP) is 1.59. The lowest BCUT2D eigenvalue weighted by Gasteiger charge is -2.06. The number of benzene rings is 1. The molecule has 72 valence electrons. The van der Waals surface area contributed by atoms with Gasteiger partial charge in [-0.25, -0.2) is 0 Å². The van der Waals surface area contributed by atoms with E-state index in [2.05, 4.69) is 0 Å². The summed E-state index contributed by atoms with van der Waals surface area (Å²) >= 11 is 0. The molecule has 1 rings (SSSR count). The summed E-state index contributed by atoms with van der Waals surface area (Å²) < 4.78 is 16.9. The predicted molar refractivity (Wildman–Crippen MR) is 51.4 cm³/mol. The molecule has 0 spiro atoms. The van der Waals surface area contributed by atoms with E-state index in [0.717, 1.165) is 0 Å². The zero-order valence-electron chi connectivity index (χ0n) is 7.29. The van der Waals surface area contributed by atoms with Crippen LogP contribution in [0.4, 0.5) is 15.8 Å². The van der Waals surface area contributed by atoms with E-state index in [1.54, 1.807) is 18.2 Å². The molecule has 0 saturated heterocycles. The second-order valence-electron chi connectivity index (χ2n) is 2.68. The van der Waals surface area contributed by atoms with Gasteiger partial charge in [-0.05, 0) is 12.1 Å². The Morgan fingerprint density at radius 1 is 1.23 bits per heavy atom. The fraction of sp³-hybridized carbons (Fsp3) is 0.333. The Balaban J connectivity index is 2.53. The van der Waals surface area contributed by atoms with Crippen LogP contribution in [-0.2, 0) is 0 Å². The van der Waals surface area contributed by atoms with Crippen LogP contribution < -0.4 is 16.2 Å². The molecular formula is C9H13FN2O. The van der Waals surface area contributed by atoms with Crippen LogP contribution in [0.5, 0.6) is 5.75 Å². The van der Waals surface area contributed by atoms with Crippen LogP contribution in [0, 0.1) is 0 Å². The molecule has 1 aromatic rings. The van der Waals surface area contributed by atoms with Crippen molar-refractivity contribution < 1.29 is 9.13 Å². The lowest BCUT2D eigenvalue weighted by molar-refractivity contribution is 0.290. The number of nitrogens with two attached hydrogens (primary N) is 2.